The van der Waals surface area contributed by atoms with E-state index in [9.17, 15) is 14.7 Å². The van der Waals surface area contributed by atoms with E-state index in [1.807, 2.05) is 0 Å². The lowest BCUT2D eigenvalue weighted by Gasteiger charge is -2.27. The first-order chi connectivity index (χ1) is 9.02. The molecule has 3 N–H and O–H groups in total. The summed E-state index contributed by atoms with van der Waals surface area (Å²) in [4.78, 5) is 23.1. The van der Waals surface area contributed by atoms with Crippen LogP contribution in [0, 0.1) is 5.92 Å². The van der Waals surface area contributed by atoms with Crippen molar-refractivity contribution in [1.29, 1.82) is 0 Å². The van der Waals surface area contributed by atoms with Crippen molar-refractivity contribution in [1.82, 2.24) is 10.6 Å². The molecule has 0 radical (unpaired) electrons. The summed E-state index contributed by atoms with van der Waals surface area (Å²) in [7, 11) is 0. The summed E-state index contributed by atoms with van der Waals surface area (Å²) in [5, 5.41) is 15.1. The van der Waals surface area contributed by atoms with Gasteiger partial charge in [0, 0.05) is 0 Å². The van der Waals surface area contributed by atoms with E-state index in [1.165, 1.54) is 0 Å². The fourth-order valence-corrected chi connectivity index (χ4v) is 2.47. The highest BCUT2D eigenvalue weighted by Crippen LogP contribution is 2.39. The summed E-state index contributed by atoms with van der Waals surface area (Å²) < 4.78 is 5.53. The van der Waals surface area contributed by atoms with Crippen LogP contribution in [0.4, 0.5) is 0 Å². The van der Waals surface area contributed by atoms with Gasteiger partial charge in [-0.2, -0.15) is 0 Å². The molecule has 2 fully saturated rings. The molecule has 0 aromatic carbocycles. The van der Waals surface area contributed by atoms with Crippen LogP contribution in [0.3, 0.4) is 0 Å². The van der Waals surface area contributed by atoms with Gasteiger partial charge in [0.05, 0.1) is 6.10 Å². The van der Waals surface area contributed by atoms with E-state index < -0.39 is 11.5 Å². The Hall–Kier alpha value is -1.14. The van der Waals surface area contributed by atoms with Crippen LogP contribution in [0.5, 0.6) is 0 Å². The van der Waals surface area contributed by atoms with Crippen molar-refractivity contribution in [3.63, 3.8) is 0 Å². The van der Waals surface area contributed by atoms with E-state index >= 15 is 0 Å². The zero-order valence-corrected chi connectivity index (χ0v) is 11.3. The second-order valence-corrected chi connectivity index (χ2v) is 5.59. The average Bonchev–Trinajstić information content (AvgIpc) is 3.22. The number of piperidine rings is 1. The molecule has 0 bridgehead atoms. The predicted molar refractivity (Wildman–Crippen MR) is 68.8 cm³/mol. The lowest BCUT2D eigenvalue weighted by atomic mass is 9.96. The van der Waals surface area contributed by atoms with Crippen LogP contribution in [0.2, 0.25) is 0 Å². The molecule has 1 aliphatic carbocycles. The van der Waals surface area contributed by atoms with Gasteiger partial charge in [0.1, 0.15) is 12.1 Å². The van der Waals surface area contributed by atoms with Crippen molar-refractivity contribution in [2.45, 2.75) is 44.2 Å². The summed E-state index contributed by atoms with van der Waals surface area (Å²) in [6, 6.07) is 0. The zero-order valence-electron chi connectivity index (χ0n) is 11.3. The molecule has 1 atom stereocenters. The summed E-state index contributed by atoms with van der Waals surface area (Å²) >= 11 is 0. The molecule has 1 saturated carbocycles. The Balaban J connectivity index is 1.77. The van der Waals surface area contributed by atoms with E-state index in [2.05, 4.69) is 10.6 Å². The molecular formula is C13H22N2O4. The summed E-state index contributed by atoms with van der Waals surface area (Å²) in [5.41, 5.74) is -1.14. The normalized spacial score (nSPS) is 23.6. The van der Waals surface area contributed by atoms with Crippen LogP contribution in [0.1, 0.15) is 32.6 Å². The van der Waals surface area contributed by atoms with Gasteiger partial charge in [0.25, 0.3) is 0 Å². The first-order valence-corrected chi connectivity index (χ1v) is 6.89. The molecule has 1 saturated heterocycles. The van der Waals surface area contributed by atoms with Gasteiger partial charge in [-0.25, -0.2) is 4.79 Å². The minimum atomic E-state index is -1.14. The molecule has 6 nitrogen and oxygen atoms in total. The largest absolute Gasteiger partial charge is 0.480 e. The Morgan fingerprint density at radius 3 is 2.47 bits per heavy atom. The van der Waals surface area contributed by atoms with E-state index in [4.69, 9.17) is 4.74 Å². The van der Waals surface area contributed by atoms with Crippen LogP contribution in [0.25, 0.3) is 0 Å². The Bertz CT molecular complexity index is 351. The van der Waals surface area contributed by atoms with Crippen molar-refractivity contribution in [3.05, 3.63) is 0 Å². The smallest absolute Gasteiger partial charge is 0.329 e. The Labute approximate surface area is 112 Å². The van der Waals surface area contributed by atoms with Gasteiger partial charge in [-0.05, 0) is 51.6 Å². The number of amides is 1. The highest BCUT2D eigenvalue weighted by atomic mass is 16.5. The number of hydrogen-bond acceptors (Lipinski definition) is 4. The van der Waals surface area contributed by atoms with Gasteiger partial charge in [-0.1, -0.05) is 0 Å². The van der Waals surface area contributed by atoms with Crippen molar-refractivity contribution in [2.24, 2.45) is 5.92 Å². The lowest BCUT2D eigenvalue weighted by molar-refractivity contribution is -0.149. The summed E-state index contributed by atoms with van der Waals surface area (Å²) in [5.74, 6) is -1.26. The van der Waals surface area contributed by atoms with Gasteiger partial charge in [0.15, 0.2) is 0 Å². The molecule has 0 aromatic rings. The van der Waals surface area contributed by atoms with Crippen molar-refractivity contribution in [2.75, 3.05) is 19.7 Å². The standard InChI is InChI=1S/C13H22N2O4/c1-13(12(17)18,9-2-3-9)15-11(16)8-19-10-4-6-14-7-5-10/h9-10,14H,2-8H2,1H3,(H,15,16)(H,17,18). The maximum Gasteiger partial charge on any atom is 0.329 e. The number of carboxylic acids is 1. The van der Waals surface area contributed by atoms with Crippen LogP contribution in [0.15, 0.2) is 0 Å². The first-order valence-electron chi connectivity index (χ1n) is 6.89. The summed E-state index contributed by atoms with van der Waals surface area (Å²) in [6.07, 6.45) is 3.61. The van der Waals surface area contributed by atoms with E-state index in [0.29, 0.717) is 0 Å². The van der Waals surface area contributed by atoms with E-state index in [0.717, 1.165) is 38.8 Å². The molecule has 6 heteroatoms. The molecule has 1 aliphatic heterocycles. The third-order valence-electron chi connectivity index (χ3n) is 3.97. The number of rotatable bonds is 6. The van der Waals surface area contributed by atoms with Crippen LogP contribution < -0.4 is 10.6 Å². The van der Waals surface area contributed by atoms with Crippen molar-refractivity contribution >= 4 is 11.9 Å². The van der Waals surface area contributed by atoms with Gasteiger partial charge in [-0.3, -0.25) is 4.79 Å². The minimum Gasteiger partial charge on any atom is -0.480 e. The molecule has 0 aromatic heterocycles. The van der Waals surface area contributed by atoms with E-state index in [1.54, 1.807) is 6.92 Å². The maximum absolute atomic E-state index is 11.8. The minimum absolute atomic E-state index is 0.0489. The number of nitrogens with one attached hydrogen (secondary N) is 2. The quantitative estimate of drug-likeness (QED) is 0.638. The molecular weight excluding hydrogens is 248 g/mol. The lowest BCUT2D eigenvalue weighted by Crippen LogP contribution is -2.55. The molecule has 1 unspecified atom stereocenters. The Morgan fingerprint density at radius 2 is 1.95 bits per heavy atom. The number of carbonyl (C=O) groups excluding carboxylic acids is 1. The number of carbonyl (C=O) groups is 2. The second-order valence-electron chi connectivity index (χ2n) is 5.59. The third kappa shape index (κ3) is 3.67. The first kappa shape index (κ1) is 14.3. The SMILES string of the molecule is CC(NC(=O)COC1CCNCC1)(C(=O)O)C1CC1. The Morgan fingerprint density at radius 1 is 1.32 bits per heavy atom. The maximum atomic E-state index is 11.8. The monoisotopic (exact) mass is 270 g/mol. The zero-order chi connectivity index (χ0) is 13.9. The predicted octanol–water partition coefficient (Wildman–Crippen LogP) is 0.124. The summed E-state index contributed by atoms with van der Waals surface area (Å²) in [6.45, 7) is 3.33. The van der Waals surface area contributed by atoms with Gasteiger partial charge < -0.3 is 20.5 Å². The molecule has 19 heavy (non-hydrogen) atoms. The molecule has 1 heterocycles. The highest BCUT2D eigenvalue weighted by Gasteiger charge is 2.48. The van der Waals surface area contributed by atoms with Gasteiger partial charge in [-0.15, -0.1) is 0 Å². The number of ether oxygens (including phenoxy) is 1. The molecule has 0 spiro atoms. The fourth-order valence-electron chi connectivity index (χ4n) is 2.47. The van der Waals surface area contributed by atoms with Crippen molar-refractivity contribution < 1.29 is 19.4 Å². The highest BCUT2D eigenvalue weighted by molar-refractivity contribution is 5.87. The number of hydrogen-bond donors (Lipinski definition) is 3. The van der Waals surface area contributed by atoms with E-state index in [-0.39, 0.29) is 24.5 Å². The van der Waals surface area contributed by atoms with Crippen LogP contribution in [-0.2, 0) is 14.3 Å². The fraction of sp³-hybridized carbons (Fsp3) is 0.846. The number of aliphatic carboxylic acids is 1. The van der Waals surface area contributed by atoms with Crippen LogP contribution >= 0.6 is 0 Å². The van der Waals surface area contributed by atoms with Gasteiger partial charge >= 0.3 is 5.97 Å². The van der Waals surface area contributed by atoms with Crippen LogP contribution in [-0.4, -0.2) is 48.3 Å². The molecule has 2 rings (SSSR count). The molecule has 2 aliphatic rings. The average molecular weight is 270 g/mol. The molecule has 1 amide bonds. The second kappa shape index (κ2) is 5.88. The van der Waals surface area contributed by atoms with Gasteiger partial charge in [0.2, 0.25) is 5.91 Å². The molecule has 108 valence electrons. The number of carboxylic acid groups (broad SMARTS) is 1. The Kier molecular flexibility index (Phi) is 4.42. The topological polar surface area (TPSA) is 87.7 Å². The third-order valence-corrected chi connectivity index (χ3v) is 3.97. The van der Waals surface area contributed by atoms with Crippen molar-refractivity contribution in [3.8, 4) is 0 Å².